The minimum absolute atomic E-state index is 0.690. The van der Waals surface area contributed by atoms with Crippen molar-refractivity contribution < 1.29 is 0 Å². The van der Waals surface area contributed by atoms with E-state index in [4.69, 9.17) is 5.73 Å². The average Bonchev–Trinajstić information content (AvgIpc) is 2.37. The predicted molar refractivity (Wildman–Crippen MR) is 76.1 cm³/mol. The van der Waals surface area contributed by atoms with Crippen LogP contribution < -0.4 is 15.8 Å². The minimum Gasteiger partial charge on any atom is -0.399 e. The third-order valence-electron chi connectivity index (χ3n) is 3.35. The van der Waals surface area contributed by atoms with E-state index in [9.17, 15) is 0 Å². The second-order valence-corrected chi connectivity index (χ2v) is 5.20. The number of nitrogen functional groups attached to an aromatic ring is 1. The van der Waals surface area contributed by atoms with E-state index in [1.807, 2.05) is 6.07 Å². The van der Waals surface area contributed by atoms with Gasteiger partial charge in [-0.3, -0.25) is 4.72 Å². The summed E-state index contributed by atoms with van der Waals surface area (Å²) in [6.07, 6.45) is 4.52. The van der Waals surface area contributed by atoms with Gasteiger partial charge in [-0.1, -0.05) is 18.0 Å². The molecule has 4 heteroatoms. The Balaban J connectivity index is 2.18. The first-order chi connectivity index (χ1) is 8.31. The fourth-order valence-electron chi connectivity index (χ4n) is 2.46. The molecule has 2 rings (SSSR count). The number of nitrogens with one attached hydrogen (secondary N) is 2. The normalized spacial score (nSPS) is 17.2. The molecule has 0 spiro atoms. The number of hydrogen-bond acceptors (Lipinski definition) is 4. The topological polar surface area (TPSA) is 50.1 Å². The SMILES string of the molecule is CSNCc1cc(N)ccc1C1CCNCC1. The summed E-state index contributed by atoms with van der Waals surface area (Å²) in [6, 6.07) is 6.35. The van der Waals surface area contributed by atoms with Crippen molar-refractivity contribution in [1.29, 1.82) is 0 Å². The highest BCUT2D eigenvalue weighted by Crippen LogP contribution is 2.29. The van der Waals surface area contributed by atoms with Gasteiger partial charge >= 0.3 is 0 Å². The van der Waals surface area contributed by atoms with E-state index < -0.39 is 0 Å². The molecule has 94 valence electrons. The van der Waals surface area contributed by atoms with E-state index in [1.165, 1.54) is 24.0 Å². The standard InChI is InChI=1S/C13H21N3S/c1-17-16-9-11-8-12(14)2-3-13(11)10-4-6-15-7-5-10/h2-3,8,10,15-16H,4-7,9,14H2,1H3. The molecule has 0 aliphatic carbocycles. The Labute approximate surface area is 108 Å². The van der Waals surface area contributed by atoms with Crippen molar-refractivity contribution >= 4 is 17.6 Å². The number of rotatable bonds is 4. The molecule has 1 aromatic rings. The molecule has 17 heavy (non-hydrogen) atoms. The molecule has 1 heterocycles. The molecule has 1 aromatic carbocycles. The van der Waals surface area contributed by atoms with E-state index in [1.54, 1.807) is 11.9 Å². The van der Waals surface area contributed by atoms with Crippen LogP contribution in [0.5, 0.6) is 0 Å². The van der Waals surface area contributed by atoms with Crippen molar-refractivity contribution in [3.63, 3.8) is 0 Å². The van der Waals surface area contributed by atoms with Crippen LogP contribution in [0.15, 0.2) is 18.2 Å². The van der Waals surface area contributed by atoms with Crippen molar-refractivity contribution in [2.24, 2.45) is 0 Å². The van der Waals surface area contributed by atoms with E-state index in [0.29, 0.717) is 5.92 Å². The van der Waals surface area contributed by atoms with Crippen LogP contribution in [0.3, 0.4) is 0 Å². The van der Waals surface area contributed by atoms with Gasteiger partial charge in [0, 0.05) is 12.2 Å². The molecule has 0 amide bonds. The molecular formula is C13H21N3S. The van der Waals surface area contributed by atoms with Gasteiger partial charge in [-0.25, -0.2) is 0 Å². The molecular weight excluding hydrogens is 230 g/mol. The summed E-state index contributed by atoms with van der Waals surface area (Å²) < 4.78 is 3.32. The van der Waals surface area contributed by atoms with Crippen molar-refractivity contribution in [3.8, 4) is 0 Å². The maximum Gasteiger partial charge on any atom is 0.0317 e. The Bertz CT molecular complexity index is 362. The van der Waals surface area contributed by atoms with E-state index in [0.717, 1.165) is 25.3 Å². The summed E-state index contributed by atoms with van der Waals surface area (Å²) in [4.78, 5) is 0. The molecule has 4 N–H and O–H groups in total. The lowest BCUT2D eigenvalue weighted by molar-refractivity contribution is 0.458. The quantitative estimate of drug-likeness (QED) is 0.566. The summed E-state index contributed by atoms with van der Waals surface area (Å²) in [7, 11) is 0. The Hall–Kier alpha value is -0.710. The Morgan fingerprint density at radius 3 is 2.88 bits per heavy atom. The lowest BCUT2D eigenvalue weighted by Crippen LogP contribution is -2.27. The van der Waals surface area contributed by atoms with Crippen molar-refractivity contribution in [3.05, 3.63) is 29.3 Å². The van der Waals surface area contributed by atoms with Crippen molar-refractivity contribution in [2.45, 2.75) is 25.3 Å². The second-order valence-electron chi connectivity index (χ2n) is 4.51. The lowest BCUT2D eigenvalue weighted by atomic mass is 9.87. The van der Waals surface area contributed by atoms with Gasteiger partial charge in [0.2, 0.25) is 0 Å². The summed E-state index contributed by atoms with van der Waals surface area (Å²) in [5, 5.41) is 3.41. The monoisotopic (exact) mass is 251 g/mol. The fourth-order valence-corrected chi connectivity index (χ4v) is 2.76. The van der Waals surface area contributed by atoms with Crippen LogP contribution in [-0.4, -0.2) is 19.3 Å². The maximum atomic E-state index is 5.88. The van der Waals surface area contributed by atoms with Gasteiger partial charge < -0.3 is 11.1 Å². The predicted octanol–water partition coefficient (Wildman–Crippen LogP) is 2.10. The van der Waals surface area contributed by atoms with E-state index in [2.05, 4.69) is 28.4 Å². The minimum atomic E-state index is 0.690. The summed E-state index contributed by atoms with van der Waals surface area (Å²) in [5.74, 6) is 0.690. The van der Waals surface area contributed by atoms with Crippen molar-refractivity contribution in [2.75, 3.05) is 25.1 Å². The highest BCUT2D eigenvalue weighted by Gasteiger charge is 2.17. The van der Waals surface area contributed by atoms with Gasteiger partial charge in [-0.15, -0.1) is 0 Å². The molecule has 1 aliphatic rings. The van der Waals surface area contributed by atoms with Crippen LogP contribution in [0.1, 0.15) is 29.9 Å². The van der Waals surface area contributed by atoms with Gasteiger partial charge in [-0.05, 0) is 61.4 Å². The van der Waals surface area contributed by atoms with Gasteiger partial charge in [-0.2, -0.15) is 0 Å². The van der Waals surface area contributed by atoms with Crippen molar-refractivity contribution in [1.82, 2.24) is 10.0 Å². The van der Waals surface area contributed by atoms with Gasteiger partial charge in [0.25, 0.3) is 0 Å². The van der Waals surface area contributed by atoms with Crippen LogP contribution in [0.2, 0.25) is 0 Å². The third kappa shape index (κ3) is 3.37. The van der Waals surface area contributed by atoms with Crippen LogP contribution in [0.25, 0.3) is 0 Å². The average molecular weight is 251 g/mol. The third-order valence-corrected chi connectivity index (χ3v) is 3.79. The first kappa shape index (κ1) is 12.7. The summed E-state index contributed by atoms with van der Waals surface area (Å²) in [6.45, 7) is 3.15. The molecule has 1 saturated heterocycles. The first-order valence-electron chi connectivity index (χ1n) is 6.16. The van der Waals surface area contributed by atoms with Crippen LogP contribution in [0, 0.1) is 0 Å². The molecule has 1 aliphatic heterocycles. The second kappa shape index (κ2) is 6.28. The number of piperidine rings is 1. The Morgan fingerprint density at radius 2 is 2.18 bits per heavy atom. The fraction of sp³-hybridized carbons (Fsp3) is 0.538. The van der Waals surface area contributed by atoms with Crippen LogP contribution >= 0.6 is 11.9 Å². The van der Waals surface area contributed by atoms with Gasteiger partial charge in [0.05, 0.1) is 0 Å². The lowest BCUT2D eigenvalue weighted by Gasteiger charge is -2.25. The van der Waals surface area contributed by atoms with Gasteiger partial charge in [0.15, 0.2) is 0 Å². The number of benzene rings is 1. The molecule has 0 saturated carbocycles. The largest absolute Gasteiger partial charge is 0.399 e. The number of anilines is 1. The molecule has 3 nitrogen and oxygen atoms in total. The number of hydrogen-bond donors (Lipinski definition) is 3. The molecule has 0 aromatic heterocycles. The zero-order chi connectivity index (χ0) is 12.1. The highest BCUT2D eigenvalue weighted by atomic mass is 32.2. The summed E-state index contributed by atoms with van der Waals surface area (Å²) in [5.41, 5.74) is 9.57. The molecule has 0 atom stereocenters. The van der Waals surface area contributed by atoms with Crippen LogP contribution in [-0.2, 0) is 6.54 Å². The van der Waals surface area contributed by atoms with E-state index in [-0.39, 0.29) is 0 Å². The zero-order valence-corrected chi connectivity index (χ0v) is 11.1. The molecule has 0 unspecified atom stereocenters. The highest BCUT2D eigenvalue weighted by molar-refractivity contribution is 7.96. The first-order valence-corrected chi connectivity index (χ1v) is 7.38. The number of nitrogens with two attached hydrogens (primary N) is 1. The zero-order valence-electron chi connectivity index (χ0n) is 10.3. The molecule has 1 fully saturated rings. The molecule has 0 bridgehead atoms. The smallest absolute Gasteiger partial charge is 0.0317 e. The molecule has 0 radical (unpaired) electrons. The van der Waals surface area contributed by atoms with E-state index >= 15 is 0 Å². The Kier molecular flexibility index (Phi) is 4.71. The van der Waals surface area contributed by atoms with Crippen LogP contribution in [0.4, 0.5) is 5.69 Å². The summed E-state index contributed by atoms with van der Waals surface area (Å²) >= 11 is 1.65. The Morgan fingerprint density at radius 1 is 1.41 bits per heavy atom. The van der Waals surface area contributed by atoms with Gasteiger partial charge in [0.1, 0.15) is 0 Å². The maximum absolute atomic E-state index is 5.88.